The molecule has 0 unspecified atom stereocenters. The molecule has 1 amide bonds. The maximum Gasteiger partial charge on any atom is 0.234 e. The van der Waals surface area contributed by atoms with Crippen LogP contribution in [-0.4, -0.2) is 5.91 Å². The average Bonchev–Trinajstić information content (AvgIpc) is 2.42. The molecular weight excluding hydrogens is 328 g/mol. The third-order valence-electron chi connectivity index (χ3n) is 3.64. The fraction of sp³-hybridized carbons (Fsp3) is 0.235. The van der Waals surface area contributed by atoms with E-state index >= 15 is 0 Å². The van der Waals surface area contributed by atoms with Crippen LogP contribution in [0, 0.1) is 6.92 Å². The molecule has 0 saturated heterocycles. The van der Waals surface area contributed by atoms with Gasteiger partial charge in [-0.25, -0.2) is 0 Å². The number of rotatable bonds is 3. The zero-order valence-electron chi connectivity index (χ0n) is 12.4. The number of nitrogen functional groups attached to an aromatic ring is 1. The summed E-state index contributed by atoms with van der Waals surface area (Å²) in [6.45, 7) is 5.78. The van der Waals surface area contributed by atoms with E-state index in [-0.39, 0.29) is 5.91 Å². The summed E-state index contributed by atoms with van der Waals surface area (Å²) in [5, 5.41) is 3.00. The van der Waals surface area contributed by atoms with E-state index in [0.717, 1.165) is 21.3 Å². The molecule has 2 rings (SSSR count). The van der Waals surface area contributed by atoms with Gasteiger partial charge in [0.05, 0.1) is 5.41 Å². The lowest BCUT2D eigenvalue weighted by molar-refractivity contribution is -0.120. The Morgan fingerprint density at radius 3 is 2.33 bits per heavy atom. The summed E-state index contributed by atoms with van der Waals surface area (Å²) >= 11 is 3.42. The van der Waals surface area contributed by atoms with Gasteiger partial charge in [-0.1, -0.05) is 28.1 Å². The minimum Gasteiger partial charge on any atom is -0.399 e. The zero-order valence-corrected chi connectivity index (χ0v) is 14.0. The molecule has 0 saturated carbocycles. The Labute approximate surface area is 133 Å². The Hall–Kier alpha value is -1.81. The molecule has 0 fully saturated rings. The van der Waals surface area contributed by atoms with Crippen molar-refractivity contribution in [2.75, 3.05) is 11.1 Å². The summed E-state index contributed by atoms with van der Waals surface area (Å²) in [4.78, 5) is 12.6. The van der Waals surface area contributed by atoms with Crippen LogP contribution in [0.5, 0.6) is 0 Å². The number of anilines is 2. The van der Waals surface area contributed by atoms with Crippen LogP contribution in [0.4, 0.5) is 11.4 Å². The molecule has 0 spiro atoms. The first-order valence-electron chi connectivity index (χ1n) is 6.74. The van der Waals surface area contributed by atoms with Crippen LogP contribution in [0.3, 0.4) is 0 Å². The van der Waals surface area contributed by atoms with Crippen LogP contribution < -0.4 is 11.1 Å². The van der Waals surface area contributed by atoms with Crippen molar-refractivity contribution in [2.24, 2.45) is 0 Å². The predicted molar refractivity (Wildman–Crippen MR) is 91.4 cm³/mol. The molecular formula is C17H19BrN2O. The Morgan fingerprint density at radius 2 is 1.76 bits per heavy atom. The highest BCUT2D eigenvalue weighted by Crippen LogP contribution is 2.27. The molecule has 0 aliphatic heterocycles. The Balaban J connectivity index is 2.24. The number of aryl methyl sites for hydroxylation is 1. The Kier molecular flexibility index (Phi) is 4.37. The van der Waals surface area contributed by atoms with Crippen LogP contribution in [0.25, 0.3) is 0 Å². The molecule has 2 aromatic carbocycles. The van der Waals surface area contributed by atoms with Crippen molar-refractivity contribution in [3.05, 3.63) is 58.1 Å². The van der Waals surface area contributed by atoms with Crippen molar-refractivity contribution in [3.63, 3.8) is 0 Å². The molecule has 0 aliphatic rings. The summed E-state index contributed by atoms with van der Waals surface area (Å²) in [6, 6.07) is 13.2. The van der Waals surface area contributed by atoms with Gasteiger partial charge in [0.1, 0.15) is 0 Å². The molecule has 21 heavy (non-hydrogen) atoms. The van der Waals surface area contributed by atoms with Gasteiger partial charge >= 0.3 is 0 Å². The zero-order chi connectivity index (χ0) is 15.6. The van der Waals surface area contributed by atoms with E-state index in [9.17, 15) is 4.79 Å². The number of amides is 1. The number of carbonyl (C=O) groups is 1. The smallest absolute Gasteiger partial charge is 0.234 e. The van der Waals surface area contributed by atoms with Crippen LogP contribution >= 0.6 is 15.9 Å². The molecule has 110 valence electrons. The average molecular weight is 347 g/mol. The van der Waals surface area contributed by atoms with E-state index in [1.807, 2.05) is 63.2 Å². The molecule has 0 heterocycles. The Bertz CT molecular complexity index is 663. The number of benzene rings is 2. The SMILES string of the molecule is Cc1cc(Br)ccc1NC(=O)C(C)(C)c1ccc(N)cc1. The lowest BCUT2D eigenvalue weighted by Crippen LogP contribution is -2.34. The van der Waals surface area contributed by atoms with E-state index in [1.165, 1.54) is 0 Å². The topological polar surface area (TPSA) is 55.1 Å². The second-order valence-corrected chi connectivity index (χ2v) is 6.58. The standard InChI is InChI=1S/C17H19BrN2O/c1-11-10-13(18)6-9-15(11)20-16(21)17(2,3)12-4-7-14(19)8-5-12/h4-10H,19H2,1-3H3,(H,20,21). The number of halogens is 1. The van der Waals surface area contributed by atoms with Crippen molar-refractivity contribution in [3.8, 4) is 0 Å². The fourth-order valence-corrected chi connectivity index (χ4v) is 2.55. The molecule has 3 nitrogen and oxygen atoms in total. The number of carbonyl (C=O) groups excluding carboxylic acids is 1. The molecule has 0 aromatic heterocycles. The van der Waals surface area contributed by atoms with Crippen molar-refractivity contribution in [1.29, 1.82) is 0 Å². The van der Waals surface area contributed by atoms with E-state index in [1.54, 1.807) is 0 Å². The van der Waals surface area contributed by atoms with E-state index in [4.69, 9.17) is 5.73 Å². The minimum atomic E-state index is -0.632. The van der Waals surface area contributed by atoms with Gasteiger partial charge in [0.15, 0.2) is 0 Å². The normalized spacial score (nSPS) is 11.2. The summed E-state index contributed by atoms with van der Waals surface area (Å²) in [6.07, 6.45) is 0. The van der Waals surface area contributed by atoms with E-state index in [2.05, 4.69) is 21.2 Å². The van der Waals surface area contributed by atoms with Gasteiger partial charge in [-0.05, 0) is 62.2 Å². The first-order chi connectivity index (χ1) is 9.80. The molecule has 0 radical (unpaired) electrons. The third kappa shape index (κ3) is 3.45. The van der Waals surface area contributed by atoms with Gasteiger partial charge in [0.25, 0.3) is 0 Å². The maximum atomic E-state index is 12.6. The minimum absolute atomic E-state index is 0.0438. The van der Waals surface area contributed by atoms with Gasteiger partial charge in [0.2, 0.25) is 5.91 Å². The van der Waals surface area contributed by atoms with E-state index in [0.29, 0.717) is 5.69 Å². The van der Waals surface area contributed by atoms with Gasteiger partial charge in [0, 0.05) is 15.8 Å². The van der Waals surface area contributed by atoms with Crippen LogP contribution in [0.1, 0.15) is 25.0 Å². The quantitative estimate of drug-likeness (QED) is 0.816. The number of hydrogen-bond acceptors (Lipinski definition) is 2. The molecule has 0 atom stereocenters. The highest BCUT2D eigenvalue weighted by Gasteiger charge is 2.30. The lowest BCUT2D eigenvalue weighted by atomic mass is 9.83. The number of nitrogens with one attached hydrogen (secondary N) is 1. The summed E-state index contributed by atoms with van der Waals surface area (Å²) in [5.41, 5.74) is 8.54. The van der Waals surface area contributed by atoms with Crippen LogP contribution in [-0.2, 0) is 10.2 Å². The molecule has 3 N–H and O–H groups in total. The fourth-order valence-electron chi connectivity index (χ4n) is 2.08. The predicted octanol–water partition coefficient (Wildman–Crippen LogP) is 4.26. The highest BCUT2D eigenvalue weighted by molar-refractivity contribution is 9.10. The molecule has 4 heteroatoms. The van der Waals surface area contributed by atoms with Crippen molar-refractivity contribution < 1.29 is 4.79 Å². The van der Waals surface area contributed by atoms with Gasteiger partial charge in [-0.2, -0.15) is 0 Å². The second-order valence-electron chi connectivity index (χ2n) is 5.66. The molecule has 0 aliphatic carbocycles. The van der Waals surface area contributed by atoms with Gasteiger partial charge < -0.3 is 11.1 Å². The largest absolute Gasteiger partial charge is 0.399 e. The molecule has 2 aromatic rings. The van der Waals surface area contributed by atoms with Crippen LogP contribution in [0.2, 0.25) is 0 Å². The maximum absolute atomic E-state index is 12.6. The first-order valence-corrected chi connectivity index (χ1v) is 7.53. The summed E-state index contributed by atoms with van der Waals surface area (Å²) < 4.78 is 0.996. The number of hydrogen-bond donors (Lipinski definition) is 2. The van der Waals surface area contributed by atoms with Gasteiger partial charge in [-0.3, -0.25) is 4.79 Å². The first kappa shape index (κ1) is 15.6. The third-order valence-corrected chi connectivity index (χ3v) is 4.13. The monoisotopic (exact) mass is 346 g/mol. The second kappa shape index (κ2) is 5.90. The van der Waals surface area contributed by atoms with Crippen molar-refractivity contribution in [1.82, 2.24) is 0 Å². The highest BCUT2D eigenvalue weighted by atomic mass is 79.9. The lowest BCUT2D eigenvalue weighted by Gasteiger charge is -2.25. The van der Waals surface area contributed by atoms with Gasteiger partial charge in [-0.15, -0.1) is 0 Å². The van der Waals surface area contributed by atoms with Crippen LogP contribution in [0.15, 0.2) is 46.9 Å². The molecule has 0 bridgehead atoms. The Morgan fingerprint density at radius 1 is 1.14 bits per heavy atom. The summed E-state index contributed by atoms with van der Waals surface area (Å²) in [5.74, 6) is -0.0438. The van der Waals surface area contributed by atoms with E-state index < -0.39 is 5.41 Å². The summed E-state index contributed by atoms with van der Waals surface area (Å²) in [7, 11) is 0. The number of nitrogens with two attached hydrogens (primary N) is 1. The van der Waals surface area contributed by atoms with Crippen molar-refractivity contribution >= 4 is 33.2 Å². The van der Waals surface area contributed by atoms with Crippen molar-refractivity contribution in [2.45, 2.75) is 26.2 Å².